The molecule has 0 atom stereocenters. The molecule has 456 valence electrons. The Hall–Kier alpha value is -12.8. The van der Waals surface area contributed by atoms with Crippen LogP contribution in [0.1, 0.15) is 55.9 Å². The van der Waals surface area contributed by atoms with Crippen molar-refractivity contribution in [2.75, 3.05) is 0 Å². The highest BCUT2D eigenvalue weighted by Crippen LogP contribution is 2.55. The molecule has 97 heavy (non-hydrogen) atoms. The Morgan fingerprint density at radius 2 is 0.381 bits per heavy atom. The number of aromatic amines is 1. The molecule has 4 heterocycles. The first-order valence-corrected chi connectivity index (χ1v) is 33.2. The van der Waals surface area contributed by atoms with Crippen LogP contribution in [-0.2, 0) is 7.05 Å². The highest BCUT2D eigenvalue weighted by atomic mass is 15.0. The monoisotopic (exact) mass is 1240 g/mol. The van der Waals surface area contributed by atoms with E-state index in [0.29, 0.717) is 0 Å². The second-order valence-electron chi connectivity index (χ2n) is 24.6. The first-order valence-electron chi connectivity index (χ1n) is 33.2. The van der Waals surface area contributed by atoms with Gasteiger partial charge in [0.25, 0.3) is 0 Å². The first-order chi connectivity index (χ1) is 48.2. The molecule has 0 fully saturated rings. The largest absolute Gasteiger partial charge is 0.353 e. The number of nitrogens with one attached hydrogen (secondary N) is 1. The Morgan fingerprint density at radius 1 is 0.196 bits per heavy atom. The van der Waals surface area contributed by atoms with Crippen LogP contribution >= 0.6 is 0 Å². The molecule has 12 aromatic carbocycles. The Balaban J connectivity index is 1.25. The van der Waals surface area contributed by atoms with E-state index in [1.54, 1.807) is 0 Å². The van der Waals surface area contributed by atoms with Gasteiger partial charge < -0.3 is 9.55 Å². The molecule has 1 N–H and O–H groups in total. The van der Waals surface area contributed by atoms with Crippen LogP contribution in [0, 0.1) is 0 Å². The average molecular weight is 1240 g/mol. The van der Waals surface area contributed by atoms with Crippen LogP contribution in [0.2, 0.25) is 0 Å². The maximum atomic E-state index is 6.53. The van der Waals surface area contributed by atoms with Gasteiger partial charge in [0, 0.05) is 73.9 Å². The normalized spacial score (nSPS) is 13.7. The van der Waals surface area contributed by atoms with Gasteiger partial charge in [-0.05, 0) is 66.8 Å². The third kappa shape index (κ3) is 10.3. The van der Waals surface area contributed by atoms with E-state index in [4.69, 9.17) is 9.98 Å². The molecule has 4 heteroatoms. The van der Waals surface area contributed by atoms with E-state index in [9.17, 15) is 0 Å². The van der Waals surface area contributed by atoms with Gasteiger partial charge in [0.2, 0.25) is 0 Å². The minimum atomic E-state index is 0.832. The van der Waals surface area contributed by atoms with Crippen molar-refractivity contribution in [2.24, 2.45) is 17.0 Å². The molecular formula is C93H64N4. The summed E-state index contributed by atoms with van der Waals surface area (Å²) in [5.41, 5.74) is 29.9. The van der Waals surface area contributed by atoms with E-state index in [1.807, 2.05) is 0 Å². The standard InChI is InChI=1S/C93H64N4/c1-97-92-80(68-50-26-8-27-51-68)81(69-52-28-9-29-53-69)93(97)85(73-60-36-13-37-61-73)91-79(67-48-24-7-25-49-67)77(65-44-20-5-21-45-65)89(96-91)83(71-56-32-11-33-57-71)87-75(63-40-16-3-17-41-63)74(62-38-14-2-15-39-62)86(94-87)82(70-54-30-10-31-55-70)88-76(64-42-18-4-19-43-64)78(66-46-22-6-23-47-66)90(95-88)84(92)72-58-34-12-35-59-72/h2-61,94H,1H3. The van der Waals surface area contributed by atoms with Crippen LogP contribution in [0.15, 0.2) is 385 Å². The lowest BCUT2D eigenvalue weighted by Gasteiger charge is -2.20. The molecule has 4 nitrogen and oxygen atoms in total. The van der Waals surface area contributed by atoms with Gasteiger partial charge in [0.1, 0.15) is 0 Å². The molecule has 0 amide bonds. The highest BCUT2D eigenvalue weighted by molar-refractivity contribution is 6.53. The van der Waals surface area contributed by atoms with Gasteiger partial charge in [-0.2, -0.15) is 0 Å². The molecule has 2 aromatic heterocycles. The molecule has 1 aliphatic carbocycles. The molecule has 0 saturated heterocycles. The maximum absolute atomic E-state index is 6.53. The van der Waals surface area contributed by atoms with Crippen molar-refractivity contribution in [3.63, 3.8) is 0 Å². The smallest absolute Gasteiger partial charge is 0.0822 e. The molecule has 0 radical (unpaired) electrons. The zero-order chi connectivity index (χ0) is 64.6. The second kappa shape index (κ2) is 25.3. The van der Waals surface area contributed by atoms with Gasteiger partial charge in [-0.1, -0.05) is 364 Å². The average Bonchev–Trinajstić information content (AvgIpc) is 1.55. The summed E-state index contributed by atoms with van der Waals surface area (Å²) in [5, 5.41) is 1.83. The lowest BCUT2D eigenvalue weighted by Crippen LogP contribution is -2.23. The summed E-state index contributed by atoms with van der Waals surface area (Å²) in [5.74, 6) is 0. The summed E-state index contributed by atoms with van der Waals surface area (Å²) in [6, 6.07) is 132. The van der Waals surface area contributed by atoms with E-state index in [0.717, 1.165) is 179 Å². The molecule has 3 aliphatic rings. The van der Waals surface area contributed by atoms with Gasteiger partial charge in [0.15, 0.2) is 0 Å². The number of aliphatic imine (C=N–C) groups is 2. The van der Waals surface area contributed by atoms with Crippen molar-refractivity contribution < 1.29 is 0 Å². The highest BCUT2D eigenvalue weighted by Gasteiger charge is 2.40. The number of fused-ring (bicyclic) bond motifs is 10. The fraction of sp³-hybridized carbons (Fsp3) is 0.0108. The fourth-order valence-electron chi connectivity index (χ4n) is 14.9. The molecule has 2 aliphatic heterocycles. The Bertz CT molecular complexity index is 5270. The van der Waals surface area contributed by atoms with Crippen LogP contribution in [0.3, 0.4) is 0 Å². The minimum absolute atomic E-state index is 0.832. The zero-order valence-electron chi connectivity index (χ0n) is 53.5. The number of allylic oxidation sites excluding steroid dienone is 4. The zero-order valence-corrected chi connectivity index (χ0v) is 53.5. The van der Waals surface area contributed by atoms with Crippen LogP contribution in [0.25, 0.3) is 89.1 Å². The minimum Gasteiger partial charge on any atom is -0.353 e. The van der Waals surface area contributed by atoms with E-state index < -0.39 is 0 Å². The second-order valence-corrected chi connectivity index (χ2v) is 24.6. The summed E-state index contributed by atoms with van der Waals surface area (Å²) < 4.78 is 2.50. The van der Waals surface area contributed by atoms with Gasteiger partial charge in [-0.15, -0.1) is 0 Å². The Labute approximate surface area is 565 Å². The van der Waals surface area contributed by atoms with Crippen molar-refractivity contribution >= 4 is 56.0 Å². The predicted molar refractivity (Wildman–Crippen MR) is 404 cm³/mol. The Morgan fingerprint density at radius 3 is 0.619 bits per heavy atom. The summed E-state index contributed by atoms with van der Waals surface area (Å²) in [6.45, 7) is 0. The summed E-state index contributed by atoms with van der Waals surface area (Å²) in [6.07, 6.45) is 0. The number of rotatable bonds is 12. The van der Waals surface area contributed by atoms with E-state index in [1.165, 1.54) is 0 Å². The molecule has 0 spiro atoms. The summed E-state index contributed by atoms with van der Waals surface area (Å²) >= 11 is 0. The van der Waals surface area contributed by atoms with E-state index >= 15 is 0 Å². The van der Waals surface area contributed by atoms with Gasteiger partial charge in [-0.3, -0.25) is 0 Å². The number of benzene rings is 12. The Kier molecular flexibility index (Phi) is 15.1. The molecule has 17 rings (SSSR count). The third-order valence-corrected chi connectivity index (χ3v) is 19.0. The number of hydrogen-bond acceptors (Lipinski definition) is 2. The van der Waals surface area contributed by atoms with Crippen molar-refractivity contribution in [3.8, 4) is 44.5 Å². The molecule has 14 aromatic rings. The molecule has 0 unspecified atom stereocenters. The van der Waals surface area contributed by atoms with Crippen molar-refractivity contribution in [1.82, 2.24) is 9.55 Å². The SMILES string of the molecule is Cn1c2c(-c3ccccc3)c(-c3ccccc3)c1C(c1ccccc1)=C1N=C(C(c3ccccc3)=C1c1ccccc1)C(c1ccccc1)=c1[nH]c(c(-c3ccccc3)c1-c1ccccc1)=C(c1ccccc1)C1=NC(=C2c2ccccc2)C(c2ccccc2)=C1c1ccccc1. The predicted octanol–water partition coefficient (Wildman–Crippen LogP) is 20.8. The number of nitrogens with zero attached hydrogens (tertiary/aromatic N) is 3. The van der Waals surface area contributed by atoms with Crippen LogP contribution < -0.4 is 10.7 Å². The van der Waals surface area contributed by atoms with Crippen LogP contribution in [0.5, 0.6) is 0 Å². The summed E-state index contributed by atoms with van der Waals surface area (Å²) in [4.78, 5) is 17.5. The van der Waals surface area contributed by atoms with E-state index in [2.05, 4.69) is 381 Å². The summed E-state index contributed by atoms with van der Waals surface area (Å²) in [7, 11) is 2.29. The van der Waals surface area contributed by atoms with E-state index in [-0.39, 0.29) is 0 Å². The molecule has 0 saturated carbocycles. The quantitative estimate of drug-likeness (QED) is 0.127. The van der Waals surface area contributed by atoms with Gasteiger partial charge >= 0.3 is 0 Å². The molecule has 8 bridgehead atoms. The number of H-pyrrole nitrogens is 1. The maximum Gasteiger partial charge on any atom is 0.0822 e. The molecular weight excluding hydrogens is 1170 g/mol. The third-order valence-electron chi connectivity index (χ3n) is 19.0. The first kappa shape index (κ1) is 58.1. The lowest BCUT2D eigenvalue weighted by atomic mass is 9.83. The number of hydrogen-bond donors (Lipinski definition) is 1. The van der Waals surface area contributed by atoms with Gasteiger partial charge in [0.05, 0.1) is 44.9 Å². The van der Waals surface area contributed by atoms with Gasteiger partial charge in [-0.25, -0.2) is 9.98 Å². The fourth-order valence-corrected chi connectivity index (χ4v) is 14.9. The lowest BCUT2D eigenvalue weighted by molar-refractivity contribution is 0.891. The van der Waals surface area contributed by atoms with Crippen molar-refractivity contribution in [2.45, 2.75) is 0 Å². The number of aromatic nitrogens is 2. The van der Waals surface area contributed by atoms with Crippen LogP contribution in [-0.4, -0.2) is 21.0 Å². The van der Waals surface area contributed by atoms with Crippen molar-refractivity contribution in [3.05, 3.63) is 442 Å². The topological polar surface area (TPSA) is 45.4 Å². The van der Waals surface area contributed by atoms with Crippen LogP contribution in [0.4, 0.5) is 0 Å². The van der Waals surface area contributed by atoms with Crippen molar-refractivity contribution in [1.29, 1.82) is 0 Å².